The van der Waals surface area contributed by atoms with Gasteiger partial charge in [-0.3, -0.25) is 24.2 Å². The highest BCUT2D eigenvalue weighted by Crippen LogP contribution is 2.41. The van der Waals surface area contributed by atoms with Gasteiger partial charge < -0.3 is 23.9 Å². The minimum Gasteiger partial charge on any atom is -0.493 e. The molecular weight excluding hydrogens is 386 g/mol. The molecule has 2 aromatic heterocycles. The fourth-order valence-electron chi connectivity index (χ4n) is 3.71. The van der Waals surface area contributed by atoms with Crippen molar-refractivity contribution in [3.05, 3.63) is 22.7 Å². The van der Waals surface area contributed by atoms with Crippen LogP contribution in [0.2, 0.25) is 0 Å². The smallest absolute Gasteiger partial charge is 0.303 e. The minimum atomic E-state index is -0.907. The number of aromatic nitrogens is 3. The van der Waals surface area contributed by atoms with Crippen LogP contribution in [0.25, 0.3) is 11.0 Å². The minimum absolute atomic E-state index is 0.0417. The Bertz CT molecular complexity index is 1010. The molecule has 4 unspecified atom stereocenters. The number of nitrogens with zero attached hydrogens (tertiary/aromatic N) is 2. The molecule has 156 valence electrons. The molecule has 4 atom stereocenters. The van der Waals surface area contributed by atoms with Gasteiger partial charge in [0.05, 0.1) is 24.5 Å². The summed E-state index contributed by atoms with van der Waals surface area (Å²) < 4.78 is 17.5. The summed E-state index contributed by atoms with van der Waals surface area (Å²) in [5.74, 6) is -2.50. The van der Waals surface area contributed by atoms with Crippen molar-refractivity contribution < 1.29 is 33.7 Å². The Morgan fingerprint density at radius 3 is 2.45 bits per heavy atom. The van der Waals surface area contributed by atoms with Crippen LogP contribution in [0.5, 0.6) is 5.88 Å². The zero-order chi connectivity index (χ0) is 21.3. The number of aromatic amines is 1. The molecule has 1 aliphatic carbocycles. The second kappa shape index (κ2) is 7.94. The Balaban J connectivity index is 2.05. The van der Waals surface area contributed by atoms with Crippen LogP contribution in [0.15, 0.2) is 17.2 Å². The first-order valence-corrected chi connectivity index (χ1v) is 8.94. The lowest BCUT2D eigenvalue weighted by Crippen LogP contribution is -2.38. The average molecular weight is 407 g/mol. The summed E-state index contributed by atoms with van der Waals surface area (Å²) in [5.41, 5.74) is -0.0476. The molecule has 11 heteroatoms. The fraction of sp³-hybridized carbons (Fsp3) is 0.500. The number of carbonyl (C=O) groups is 3. The summed E-state index contributed by atoms with van der Waals surface area (Å²) in [7, 11) is 0. The van der Waals surface area contributed by atoms with E-state index in [4.69, 9.17) is 14.2 Å². The van der Waals surface area contributed by atoms with Crippen LogP contribution in [0.1, 0.15) is 33.2 Å². The van der Waals surface area contributed by atoms with Gasteiger partial charge in [0.15, 0.2) is 6.10 Å². The van der Waals surface area contributed by atoms with Gasteiger partial charge in [-0.25, -0.2) is 4.98 Å². The van der Waals surface area contributed by atoms with E-state index in [0.29, 0.717) is 11.9 Å². The molecule has 0 spiro atoms. The molecule has 0 saturated heterocycles. The maximum Gasteiger partial charge on any atom is 0.303 e. The van der Waals surface area contributed by atoms with E-state index in [2.05, 4.69) is 9.97 Å². The van der Waals surface area contributed by atoms with Gasteiger partial charge in [0.25, 0.3) is 5.56 Å². The van der Waals surface area contributed by atoms with Crippen molar-refractivity contribution in [2.24, 2.45) is 5.92 Å². The fourth-order valence-corrected chi connectivity index (χ4v) is 3.71. The van der Waals surface area contributed by atoms with E-state index in [1.54, 1.807) is 4.57 Å². The van der Waals surface area contributed by atoms with E-state index in [1.165, 1.54) is 33.2 Å². The van der Waals surface area contributed by atoms with Gasteiger partial charge in [0.1, 0.15) is 11.6 Å². The first-order valence-electron chi connectivity index (χ1n) is 8.94. The number of H-pyrrole nitrogens is 1. The molecule has 2 N–H and O–H groups in total. The normalized spacial score (nSPS) is 23.7. The van der Waals surface area contributed by atoms with Gasteiger partial charge in [0.2, 0.25) is 5.88 Å². The number of aromatic hydroxyl groups is 1. The van der Waals surface area contributed by atoms with Crippen molar-refractivity contribution in [1.82, 2.24) is 14.5 Å². The second-order valence-electron chi connectivity index (χ2n) is 6.88. The topological polar surface area (TPSA) is 150 Å². The third-order valence-corrected chi connectivity index (χ3v) is 4.74. The third kappa shape index (κ3) is 4.23. The molecule has 2 heterocycles. The molecule has 0 bridgehead atoms. The molecule has 2 aromatic rings. The largest absolute Gasteiger partial charge is 0.493 e. The molecule has 1 aliphatic rings. The van der Waals surface area contributed by atoms with E-state index < -0.39 is 47.6 Å². The Morgan fingerprint density at radius 2 is 1.83 bits per heavy atom. The van der Waals surface area contributed by atoms with Crippen LogP contribution >= 0.6 is 0 Å². The van der Waals surface area contributed by atoms with E-state index in [-0.39, 0.29) is 18.0 Å². The number of esters is 3. The number of rotatable bonds is 5. The molecule has 0 aromatic carbocycles. The standard InChI is InChI=1S/C18H21N3O8/c1-8(22)27-6-11-4-13(17(29-10(3)24)16(11)28-9(2)23)21-7-19-15-12(21)5-14(25)20-18(15)26/h5,7,11,13,16-17H,4,6H2,1-3H3,(H2,20,25,26). The lowest BCUT2D eigenvalue weighted by atomic mass is 10.1. The van der Waals surface area contributed by atoms with Crippen LogP contribution in [0.3, 0.4) is 0 Å². The highest BCUT2D eigenvalue weighted by atomic mass is 16.6. The Labute approximate surface area is 164 Å². The lowest BCUT2D eigenvalue weighted by molar-refractivity contribution is -0.168. The number of fused-ring (bicyclic) bond motifs is 1. The number of ether oxygens (including phenoxy) is 3. The first-order chi connectivity index (χ1) is 13.7. The number of nitrogens with one attached hydrogen (secondary N) is 1. The van der Waals surface area contributed by atoms with Gasteiger partial charge in [0, 0.05) is 32.8 Å². The Kier molecular flexibility index (Phi) is 5.57. The maximum absolute atomic E-state index is 11.8. The molecule has 1 saturated carbocycles. The quantitative estimate of drug-likeness (QED) is 0.531. The van der Waals surface area contributed by atoms with Gasteiger partial charge >= 0.3 is 17.9 Å². The Hall–Kier alpha value is -3.37. The highest BCUT2D eigenvalue weighted by molar-refractivity contribution is 5.79. The molecule has 0 amide bonds. The molecule has 0 aliphatic heterocycles. The summed E-state index contributed by atoms with van der Waals surface area (Å²) in [4.78, 5) is 52.8. The second-order valence-corrected chi connectivity index (χ2v) is 6.88. The van der Waals surface area contributed by atoms with Gasteiger partial charge in [-0.2, -0.15) is 0 Å². The van der Waals surface area contributed by atoms with Crippen molar-refractivity contribution in [3.8, 4) is 5.88 Å². The lowest BCUT2D eigenvalue weighted by Gasteiger charge is -2.26. The van der Waals surface area contributed by atoms with Crippen LogP contribution in [0.4, 0.5) is 0 Å². The maximum atomic E-state index is 11.8. The molecule has 29 heavy (non-hydrogen) atoms. The van der Waals surface area contributed by atoms with Crippen molar-refractivity contribution >= 4 is 28.9 Å². The zero-order valence-electron chi connectivity index (χ0n) is 16.1. The van der Waals surface area contributed by atoms with E-state index >= 15 is 0 Å². The summed E-state index contributed by atoms with van der Waals surface area (Å²) >= 11 is 0. The van der Waals surface area contributed by atoms with Crippen molar-refractivity contribution in [1.29, 1.82) is 0 Å². The monoisotopic (exact) mass is 407 g/mol. The molecule has 0 radical (unpaired) electrons. The van der Waals surface area contributed by atoms with Gasteiger partial charge in [-0.15, -0.1) is 0 Å². The van der Waals surface area contributed by atoms with Crippen LogP contribution < -0.4 is 5.56 Å². The average Bonchev–Trinajstić information content (AvgIpc) is 3.15. The number of pyridine rings is 1. The van der Waals surface area contributed by atoms with Crippen LogP contribution in [-0.4, -0.2) is 56.4 Å². The first kappa shape index (κ1) is 20.4. The number of carbonyl (C=O) groups excluding carboxylic acids is 3. The molecule has 1 fully saturated rings. The SMILES string of the molecule is CC(=O)OCC1CC(n2cnc3c(O)[nH]c(=O)cc32)C(OC(C)=O)C1OC(C)=O. The summed E-state index contributed by atoms with van der Waals surface area (Å²) in [6.07, 6.45) is -0.0651. The zero-order valence-corrected chi connectivity index (χ0v) is 16.1. The number of imidazole rings is 1. The Morgan fingerprint density at radius 1 is 1.17 bits per heavy atom. The molecule has 11 nitrogen and oxygen atoms in total. The van der Waals surface area contributed by atoms with Gasteiger partial charge in [-0.05, 0) is 6.42 Å². The number of hydrogen-bond donors (Lipinski definition) is 2. The van der Waals surface area contributed by atoms with Crippen molar-refractivity contribution in [2.45, 2.75) is 45.4 Å². The van der Waals surface area contributed by atoms with Gasteiger partial charge in [-0.1, -0.05) is 0 Å². The van der Waals surface area contributed by atoms with E-state index in [9.17, 15) is 24.3 Å². The van der Waals surface area contributed by atoms with Crippen molar-refractivity contribution in [2.75, 3.05) is 6.61 Å². The highest BCUT2D eigenvalue weighted by Gasteiger charge is 2.49. The number of hydrogen-bond acceptors (Lipinski definition) is 9. The van der Waals surface area contributed by atoms with E-state index in [0.717, 1.165) is 0 Å². The van der Waals surface area contributed by atoms with E-state index in [1.807, 2.05) is 0 Å². The predicted octanol–water partition coefficient (Wildman–Crippen LogP) is 0.418. The summed E-state index contributed by atoms with van der Waals surface area (Å²) in [6, 6.07) is 0.683. The molecular formula is C18H21N3O8. The third-order valence-electron chi connectivity index (χ3n) is 4.74. The molecule has 3 rings (SSSR count). The van der Waals surface area contributed by atoms with Crippen LogP contribution in [-0.2, 0) is 28.6 Å². The van der Waals surface area contributed by atoms with Crippen LogP contribution in [0, 0.1) is 5.92 Å². The summed E-state index contributed by atoms with van der Waals surface area (Å²) in [6.45, 7) is 3.67. The van der Waals surface area contributed by atoms with Crippen molar-refractivity contribution in [3.63, 3.8) is 0 Å². The summed E-state index contributed by atoms with van der Waals surface area (Å²) in [5, 5.41) is 9.94. The predicted molar refractivity (Wildman–Crippen MR) is 96.9 cm³/mol.